The molecule has 0 amide bonds. The fourth-order valence-corrected chi connectivity index (χ4v) is 2.25. The number of aliphatic imine (C=N–C) groups is 1. The van der Waals surface area contributed by atoms with Gasteiger partial charge in [-0.2, -0.15) is 0 Å². The molecule has 1 aliphatic rings. The number of hydrogen-bond acceptors (Lipinski definition) is 2. The van der Waals surface area contributed by atoms with Crippen molar-refractivity contribution < 1.29 is 4.74 Å². The summed E-state index contributed by atoms with van der Waals surface area (Å²) in [6, 6.07) is 10.5. The molecule has 1 aromatic rings. The second-order valence-corrected chi connectivity index (χ2v) is 5.68. The minimum absolute atomic E-state index is 0.0722. The Labute approximate surface area is 104 Å². The fourth-order valence-electron chi connectivity index (χ4n) is 2.25. The van der Waals surface area contributed by atoms with Crippen LogP contribution < -0.4 is 0 Å². The molecule has 1 aromatic carbocycles. The Bertz CT molecular complexity index is 406. The molecule has 2 rings (SSSR count). The second kappa shape index (κ2) is 4.52. The van der Waals surface area contributed by atoms with E-state index in [4.69, 9.17) is 9.73 Å². The van der Waals surface area contributed by atoms with Gasteiger partial charge in [-0.1, -0.05) is 44.2 Å². The highest BCUT2D eigenvalue weighted by molar-refractivity contribution is 5.85. The van der Waals surface area contributed by atoms with Crippen LogP contribution in [0, 0.1) is 5.92 Å². The molecule has 2 nitrogen and oxygen atoms in total. The highest BCUT2D eigenvalue weighted by atomic mass is 16.5. The van der Waals surface area contributed by atoms with E-state index in [9.17, 15) is 0 Å². The van der Waals surface area contributed by atoms with Crippen LogP contribution in [0.1, 0.15) is 39.2 Å². The van der Waals surface area contributed by atoms with Gasteiger partial charge in [0.05, 0.1) is 11.5 Å². The molecule has 0 N–H and O–H groups in total. The lowest BCUT2D eigenvalue weighted by molar-refractivity contribution is 0.266. The van der Waals surface area contributed by atoms with Crippen molar-refractivity contribution in [3.8, 4) is 0 Å². The molecule has 0 saturated carbocycles. The largest absolute Gasteiger partial charge is 0.478 e. The van der Waals surface area contributed by atoms with Crippen LogP contribution in [0.5, 0.6) is 0 Å². The molecule has 0 aliphatic carbocycles. The van der Waals surface area contributed by atoms with Crippen molar-refractivity contribution >= 4 is 5.90 Å². The molecule has 0 saturated heterocycles. The van der Waals surface area contributed by atoms with Crippen LogP contribution in [-0.2, 0) is 4.74 Å². The monoisotopic (exact) mass is 231 g/mol. The van der Waals surface area contributed by atoms with Gasteiger partial charge in [0.15, 0.2) is 5.90 Å². The van der Waals surface area contributed by atoms with Crippen LogP contribution in [0.3, 0.4) is 0 Å². The van der Waals surface area contributed by atoms with E-state index < -0.39 is 0 Å². The molecule has 0 fully saturated rings. The third-order valence-corrected chi connectivity index (χ3v) is 3.08. The van der Waals surface area contributed by atoms with Crippen molar-refractivity contribution in [1.82, 2.24) is 0 Å². The predicted octanol–water partition coefficient (Wildman–Crippen LogP) is 3.63. The number of ether oxygens (including phenoxy) is 1. The smallest absolute Gasteiger partial charge is 0.191 e. The SMILES string of the molecule is CC(C)C(C1=NC(C)(C)CO1)c1ccccc1. The number of rotatable bonds is 3. The molecule has 1 atom stereocenters. The first-order chi connectivity index (χ1) is 7.99. The van der Waals surface area contributed by atoms with E-state index in [-0.39, 0.29) is 11.5 Å². The van der Waals surface area contributed by atoms with E-state index in [1.807, 2.05) is 6.07 Å². The topological polar surface area (TPSA) is 21.6 Å². The first kappa shape index (κ1) is 12.2. The zero-order valence-corrected chi connectivity index (χ0v) is 11.1. The summed E-state index contributed by atoms with van der Waals surface area (Å²) in [6.45, 7) is 9.35. The summed E-state index contributed by atoms with van der Waals surface area (Å²) in [5.41, 5.74) is 1.22. The molecule has 1 aliphatic heterocycles. The van der Waals surface area contributed by atoms with E-state index in [0.29, 0.717) is 12.5 Å². The summed E-state index contributed by atoms with van der Waals surface area (Å²) >= 11 is 0. The molecule has 0 spiro atoms. The van der Waals surface area contributed by atoms with Gasteiger partial charge in [0.1, 0.15) is 6.61 Å². The third kappa shape index (κ3) is 2.68. The van der Waals surface area contributed by atoms with Gasteiger partial charge in [-0.3, -0.25) is 0 Å². The van der Waals surface area contributed by atoms with Crippen LogP contribution in [0.2, 0.25) is 0 Å². The minimum atomic E-state index is -0.0722. The summed E-state index contributed by atoms with van der Waals surface area (Å²) in [5, 5.41) is 0. The van der Waals surface area contributed by atoms with Gasteiger partial charge in [0.2, 0.25) is 0 Å². The van der Waals surface area contributed by atoms with Gasteiger partial charge in [-0.05, 0) is 25.3 Å². The molecule has 92 valence electrons. The Kier molecular flexibility index (Phi) is 3.23. The van der Waals surface area contributed by atoms with E-state index in [0.717, 1.165) is 5.90 Å². The summed E-state index contributed by atoms with van der Waals surface area (Å²) < 4.78 is 5.80. The molecule has 0 bridgehead atoms. The van der Waals surface area contributed by atoms with E-state index >= 15 is 0 Å². The first-order valence-corrected chi connectivity index (χ1v) is 6.27. The molecule has 0 aromatic heterocycles. The van der Waals surface area contributed by atoms with Gasteiger partial charge in [0.25, 0.3) is 0 Å². The van der Waals surface area contributed by atoms with Gasteiger partial charge in [-0.25, -0.2) is 4.99 Å². The van der Waals surface area contributed by atoms with Crippen LogP contribution >= 0.6 is 0 Å². The van der Waals surface area contributed by atoms with Gasteiger partial charge in [0, 0.05) is 0 Å². The fraction of sp³-hybridized carbons (Fsp3) is 0.533. The molecule has 17 heavy (non-hydrogen) atoms. The molecule has 2 heteroatoms. The summed E-state index contributed by atoms with van der Waals surface area (Å²) in [7, 11) is 0. The highest BCUT2D eigenvalue weighted by Gasteiger charge is 2.33. The van der Waals surface area contributed by atoms with Crippen molar-refractivity contribution in [2.75, 3.05) is 6.61 Å². The minimum Gasteiger partial charge on any atom is -0.478 e. The first-order valence-electron chi connectivity index (χ1n) is 6.27. The normalized spacial score (nSPS) is 19.9. The van der Waals surface area contributed by atoms with E-state index in [2.05, 4.69) is 52.0 Å². The van der Waals surface area contributed by atoms with E-state index in [1.165, 1.54) is 5.56 Å². The highest BCUT2D eigenvalue weighted by Crippen LogP contribution is 2.31. The summed E-state index contributed by atoms with van der Waals surface area (Å²) in [4.78, 5) is 4.71. The molecule has 1 heterocycles. The molecular formula is C15H21NO. The van der Waals surface area contributed by atoms with Crippen molar-refractivity contribution in [2.45, 2.75) is 39.2 Å². The van der Waals surface area contributed by atoms with Crippen LogP contribution in [0.4, 0.5) is 0 Å². The average Bonchev–Trinajstić information content (AvgIpc) is 2.60. The standard InChI is InChI=1S/C15H21NO/c1-11(2)13(12-8-6-5-7-9-12)14-16-15(3,4)10-17-14/h5-9,11,13H,10H2,1-4H3. The number of benzene rings is 1. The number of hydrogen-bond donors (Lipinski definition) is 0. The van der Waals surface area contributed by atoms with Gasteiger partial charge >= 0.3 is 0 Å². The quantitative estimate of drug-likeness (QED) is 0.778. The molecular weight excluding hydrogens is 210 g/mol. The maximum atomic E-state index is 5.80. The Morgan fingerprint density at radius 1 is 1.18 bits per heavy atom. The average molecular weight is 231 g/mol. The maximum absolute atomic E-state index is 5.80. The van der Waals surface area contributed by atoms with Crippen molar-refractivity contribution in [1.29, 1.82) is 0 Å². The number of nitrogens with zero attached hydrogens (tertiary/aromatic N) is 1. The Morgan fingerprint density at radius 2 is 1.82 bits per heavy atom. The lowest BCUT2D eigenvalue weighted by Crippen LogP contribution is -2.18. The van der Waals surface area contributed by atoms with Gasteiger partial charge < -0.3 is 4.74 Å². The zero-order chi connectivity index (χ0) is 12.5. The Balaban J connectivity index is 2.32. The zero-order valence-electron chi connectivity index (χ0n) is 11.1. The van der Waals surface area contributed by atoms with Gasteiger partial charge in [-0.15, -0.1) is 0 Å². The summed E-state index contributed by atoms with van der Waals surface area (Å²) in [6.07, 6.45) is 0. The van der Waals surface area contributed by atoms with Crippen molar-refractivity contribution in [2.24, 2.45) is 10.9 Å². The lowest BCUT2D eigenvalue weighted by Gasteiger charge is -2.20. The lowest BCUT2D eigenvalue weighted by atomic mass is 9.88. The maximum Gasteiger partial charge on any atom is 0.191 e. The predicted molar refractivity (Wildman–Crippen MR) is 71.5 cm³/mol. The van der Waals surface area contributed by atoms with Crippen LogP contribution in [0.15, 0.2) is 35.3 Å². The Hall–Kier alpha value is -1.31. The molecule has 0 radical (unpaired) electrons. The van der Waals surface area contributed by atoms with Crippen LogP contribution in [-0.4, -0.2) is 18.0 Å². The second-order valence-electron chi connectivity index (χ2n) is 5.68. The van der Waals surface area contributed by atoms with E-state index in [1.54, 1.807) is 0 Å². The van der Waals surface area contributed by atoms with Crippen molar-refractivity contribution in [3.05, 3.63) is 35.9 Å². The van der Waals surface area contributed by atoms with Crippen molar-refractivity contribution in [3.63, 3.8) is 0 Å². The molecule has 1 unspecified atom stereocenters. The van der Waals surface area contributed by atoms with Crippen LogP contribution in [0.25, 0.3) is 0 Å². The third-order valence-electron chi connectivity index (χ3n) is 3.08. The Morgan fingerprint density at radius 3 is 2.29 bits per heavy atom. The summed E-state index contributed by atoms with van der Waals surface area (Å²) in [5.74, 6) is 1.67.